The number of nitrogen functional groups attached to an aromatic ring is 1. The Labute approximate surface area is 193 Å². The predicted molar refractivity (Wildman–Crippen MR) is 123 cm³/mol. The molecular weight excluding hydrogens is 420 g/mol. The van der Waals surface area contributed by atoms with Crippen LogP contribution in [0.4, 0.5) is 5.82 Å². The first kappa shape index (κ1) is 23.7. The van der Waals surface area contributed by atoms with Crippen LogP contribution >= 0.6 is 0 Å². The standard InChI is InChI=1S/C25H26N4O4/c1-3-20(16-31-15-17-9-6-5-7-10-17)33-24-21(25(30)32-4-2)22(27)28-23(29-24)19-12-8-11-18(13-19)14-26/h5-13,20H,3-4,15-16H2,1-2H3,(H2,27,28,29)/t20-/m0/s1. The number of hydrogen-bond acceptors (Lipinski definition) is 8. The molecule has 8 nitrogen and oxygen atoms in total. The van der Waals surface area contributed by atoms with Gasteiger partial charge < -0.3 is 19.9 Å². The fraction of sp³-hybridized carbons (Fsp3) is 0.280. The van der Waals surface area contributed by atoms with Crippen molar-refractivity contribution < 1.29 is 19.0 Å². The lowest BCUT2D eigenvalue weighted by atomic mass is 10.1. The van der Waals surface area contributed by atoms with Crippen LogP contribution < -0.4 is 10.5 Å². The summed E-state index contributed by atoms with van der Waals surface area (Å²) in [5, 5.41) is 9.19. The molecule has 0 radical (unpaired) electrons. The number of benzene rings is 2. The van der Waals surface area contributed by atoms with E-state index in [4.69, 9.17) is 19.9 Å². The second kappa shape index (κ2) is 11.6. The van der Waals surface area contributed by atoms with Crippen molar-refractivity contribution in [3.05, 3.63) is 71.3 Å². The summed E-state index contributed by atoms with van der Waals surface area (Å²) in [6.45, 7) is 4.54. The lowest BCUT2D eigenvalue weighted by Gasteiger charge is -2.20. The van der Waals surface area contributed by atoms with E-state index >= 15 is 0 Å². The van der Waals surface area contributed by atoms with E-state index < -0.39 is 5.97 Å². The summed E-state index contributed by atoms with van der Waals surface area (Å²) in [6.07, 6.45) is 0.231. The van der Waals surface area contributed by atoms with E-state index in [1.54, 1.807) is 31.2 Å². The molecule has 0 spiro atoms. The van der Waals surface area contributed by atoms with Crippen LogP contribution in [0, 0.1) is 11.3 Å². The van der Waals surface area contributed by atoms with Gasteiger partial charge in [-0.15, -0.1) is 0 Å². The average Bonchev–Trinajstić information content (AvgIpc) is 2.84. The van der Waals surface area contributed by atoms with Gasteiger partial charge in [-0.05, 0) is 31.0 Å². The van der Waals surface area contributed by atoms with Gasteiger partial charge in [-0.25, -0.2) is 9.78 Å². The third-order valence-corrected chi connectivity index (χ3v) is 4.78. The second-order valence-electron chi connectivity index (χ2n) is 7.17. The van der Waals surface area contributed by atoms with Gasteiger partial charge in [0.1, 0.15) is 11.9 Å². The van der Waals surface area contributed by atoms with E-state index in [9.17, 15) is 10.1 Å². The number of nitriles is 1. The minimum atomic E-state index is -0.664. The zero-order chi connectivity index (χ0) is 23.6. The van der Waals surface area contributed by atoms with Crippen LogP contribution in [0.1, 0.15) is 41.8 Å². The Hall–Kier alpha value is -3.96. The van der Waals surface area contributed by atoms with Crippen molar-refractivity contribution in [2.75, 3.05) is 18.9 Å². The molecule has 0 amide bonds. The van der Waals surface area contributed by atoms with Crippen LogP contribution in [0.3, 0.4) is 0 Å². The number of rotatable bonds is 10. The molecule has 1 heterocycles. The van der Waals surface area contributed by atoms with Crippen molar-refractivity contribution in [2.24, 2.45) is 0 Å². The summed E-state index contributed by atoms with van der Waals surface area (Å²) in [5.74, 6) is -0.459. The van der Waals surface area contributed by atoms with Crippen LogP contribution in [0.25, 0.3) is 11.4 Å². The lowest BCUT2D eigenvalue weighted by molar-refractivity contribution is 0.0347. The van der Waals surface area contributed by atoms with Crippen LogP contribution in [0.5, 0.6) is 5.88 Å². The first-order valence-corrected chi connectivity index (χ1v) is 10.7. The van der Waals surface area contributed by atoms with Crippen molar-refractivity contribution in [1.29, 1.82) is 5.26 Å². The summed E-state index contributed by atoms with van der Waals surface area (Å²) in [7, 11) is 0. The number of ether oxygens (including phenoxy) is 3. The highest BCUT2D eigenvalue weighted by molar-refractivity contribution is 5.97. The van der Waals surface area contributed by atoms with Gasteiger partial charge in [0, 0.05) is 5.56 Å². The van der Waals surface area contributed by atoms with Gasteiger partial charge in [-0.1, -0.05) is 49.4 Å². The molecular formula is C25H26N4O4. The molecule has 2 aromatic carbocycles. The Morgan fingerprint density at radius 2 is 1.91 bits per heavy atom. The minimum absolute atomic E-state index is 0.0217. The number of carbonyl (C=O) groups is 1. The molecule has 0 fully saturated rings. The Kier molecular flexibility index (Phi) is 8.33. The van der Waals surface area contributed by atoms with Gasteiger partial charge >= 0.3 is 5.97 Å². The molecule has 3 rings (SSSR count). The Balaban J connectivity index is 1.88. The van der Waals surface area contributed by atoms with Gasteiger partial charge in [-0.2, -0.15) is 10.2 Å². The molecule has 8 heteroatoms. The van der Waals surface area contributed by atoms with Gasteiger partial charge in [0.2, 0.25) is 5.88 Å². The lowest BCUT2D eigenvalue weighted by Crippen LogP contribution is -2.25. The summed E-state index contributed by atoms with van der Waals surface area (Å²) in [5.41, 5.74) is 8.17. The third-order valence-electron chi connectivity index (χ3n) is 4.78. The van der Waals surface area contributed by atoms with Crippen LogP contribution in [-0.4, -0.2) is 35.3 Å². The van der Waals surface area contributed by atoms with Crippen molar-refractivity contribution in [2.45, 2.75) is 33.0 Å². The summed E-state index contributed by atoms with van der Waals surface area (Å²) < 4.78 is 17.0. The predicted octanol–water partition coefficient (Wildman–Crippen LogP) is 4.15. The molecule has 0 bridgehead atoms. The molecule has 0 aliphatic rings. The number of anilines is 1. The van der Waals surface area contributed by atoms with Gasteiger partial charge in [0.25, 0.3) is 0 Å². The molecule has 0 aliphatic heterocycles. The number of nitrogens with two attached hydrogens (primary N) is 1. The van der Waals surface area contributed by atoms with E-state index in [0.717, 1.165) is 5.56 Å². The third kappa shape index (κ3) is 6.28. The fourth-order valence-electron chi connectivity index (χ4n) is 3.07. The van der Waals surface area contributed by atoms with Crippen molar-refractivity contribution in [3.8, 4) is 23.3 Å². The maximum atomic E-state index is 12.6. The van der Waals surface area contributed by atoms with E-state index in [-0.39, 0.29) is 42.4 Å². The fourth-order valence-corrected chi connectivity index (χ4v) is 3.07. The minimum Gasteiger partial charge on any atom is -0.471 e. The maximum absolute atomic E-state index is 12.6. The van der Waals surface area contributed by atoms with Gasteiger partial charge in [0.05, 0.1) is 31.5 Å². The average molecular weight is 447 g/mol. The maximum Gasteiger partial charge on any atom is 0.347 e. The summed E-state index contributed by atoms with van der Waals surface area (Å²) >= 11 is 0. The highest BCUT2D eigenvalue weighted by Crippen LogP contribution is 2.28. The van der Waals surface area contributed by atoms with Crippen LogP contribution in [0.15, 0.2) is 54.6 Å². The van der Waals surface area contributed by atoms with Crippen molar-refractivity contribution in [3.63, 3.8) is 0 Å². The number of aromatic nitrogens is 2. The molecule has 0 saturated carbocycles. The Bertz CT molecular complexity index is 1130. The van der Waals surface area contributed by atoms with E-state index in [0.29, 0.717) is 24.2 Å². The largest absolute Gasteiger partial charge is 0.471 e. The van der Waals surface area contributed by atoms with Crippen molar-refractivity contribution >= 4 is 11.8 Å². The Morgan fingerprint density at radius 3 is 2.61 bits per heavy atom. The van der Waals surface area contributed by atoms with Crippen molar-refractivity contribution in [1.82, 2.24) is 9.97 Å². The molecule has 0 unspecified atom stereocenters. The molecule has 1 aromatic heterocycles. The first-order valence-electron chi connectivity index (χ1n) is 10.7. The van der Waals surface area contributed by atoms with E-state index in [1.165, 1.54) is 0 Å². The smallest absolute Gasteiger partial charge is 0.347 e. The first-order chi connectivity index (χ1) is 16.0. The van der Waals surface area contributed by atoms with Crippen LogP contribution in [0.2, 0.25) is 0 Å². The highest BCUT2D eigenvalue weighted by Gasteiger charge is 2.25. The second-order valence-corrected chi connectivity index (χ2v) is 7.17. The molecule has 2 N–H and O–H groups in total. The number of nitrogens with zero attached hydrogens (tertiary/aromatic N) is 3. The molecule has 1 atom stereocenters. The molecule has 0 saturated heterocycles. The van der Waals surface area contributed by atoms with Crippen LogP contribution in [-0.2, 0) is 16.1 Å². The normalized spacial score (nSPS) is 11.4. The summed E-state index contributed by atoms with van der Waals surface area (Å²) in [6, 6.07) is 18.7. The number of esters is 1. The van der Waals surface area contributed by atoms with E-state index in [1.807, 2.05) is 37.3 Å². The Morgan fingerprint density at radius 1 is 1.12 bits per heavy atom. The molecule has 3 aromatic rings. The molecule has 170 valence electrons. The number of carbonyl (C=O) groups excluding carboxylic acids is 1. The highest BCUT2D eigenvalue weighted by atomic mass is 16.5. The monoisotopic (exact) mass is 446 g/mol. The van der Waals surface area contributed by atoms with Gasteiger partial charge in [0.15, 0.2) is 11.4 Å². The zero-order valence-electron chi connectivity index (χ0n) is 18.7. The topological polar surface area (TPSA) is 120 Å². The van der Waals surface area contributed by atoms with Gasteiger partial charge in [-0.3, -0.25) is 0 Å². The molecule has 33 heavy (non-hydrogen) atoms. The SMILES string of the molecule is CCOC(=O)c1c(N)nc(-c2cccc(C#N)c2)nc1O[C@@H](CC)COCc1ccccc1. The summed E-state index contributed by atoms with van der Waals surface area (Å²) in [4.78, 5) is 21.3. The quantitative estimate of drug-likeness (QED) is 0.461. The zero-order valence-corrected chi connectivity index (χ0v) is 18.7. The van der Waals surface area contributed by atoms with E-state index in [2.05, 4.69) is 16.0 Å². The molecule has 0 aliphatic carbocycles. The number of hydrogen-bond donors (Lipinski definition) is 1.